The van der Waals surface area contributed by atoms with Crippen LogP contribution >= 0.6 is 47.2 Å². The maximum atomic E-state index is 6.04. The van der Waals surface area contributed by atoms with Crippen molar-refractivity contribution >= 4 is 53.1 Å². The molecule has 3 N–H and O–H groups in total. The molecule has 0 fully saturated rings. The molecule has 0 saturated carbocycles. The van der Waals surface area contributed by atoms with Gasteiger partial charge in [-0.15, -0.1) is 24.0 Å². The topological polar surface area (TPSA) is 59.6 Å². The highest BCUT2D eigenvalue weighted by Gasteiger charge is 2.00. The molecule has 0 aliphatic carbocycles. The predicted molar refractivity (Wildman–Crippen MR) is 96.3 cm³/mol. The smallest absolute Gasteiger partial charge is 0.188 e. The van der Waals surface area contributed by atoms with E-state index >= 15 is 0 Å². The van der Waals surface area contributed by atoms with Gasteiger partial charge in [0.2, 0.25) is 0 Å². The van der Waals surface area contributed by atoms with Gasteiger partial charge in [0.1, 0.15) is 0 Å². The largest absolute Gasteiger partial charge is 0.382 e. The molecule has 0 amide bonds. The zero-order chi connectivity index (χ0) is 14.1. The second-order valence-corrected chi connectivity index (χ2v) is 4.76. The Labute approximate surface area is 147 Å². The van der Waals surface area contributed by atoms with Gasteiger partial charge in [0, 0.05) is 29.8 Å². The third-order valence-electron chi connectivity index (χ3n) is 2.41. The van der Waals surface area contributed by atoms with Gasteiger partial charge in [-0.05, 0) is 31.0 Å². The van der Waals surface area contributed by atoms with Crippen LogP contribution in [0.4, 0.5) is 0 Å². The summed E-state index contributed by atoms with van der Waals surface area (Å²) in [5.74, 6) is 0.405. The van der Waals surface area contributed by atoms with Crippen LogP contribution in [-0.4, -0.2) is 25.7 Å². The molecule has 0 aliphatic rings. The van der Waals surface area contributed by atoms with Gasteiger partial charge in [-0.1, -0.05) is 29.3 Å². The van der Waals surface area contributed by atoms with Crippen LogP contribution in [-0.2, 0) is 11.3 Å². The summed E-state index contributed by atoms with van der Waals surface area (Å²) in [4.78, 5) is 4.22. The van der Waals surface area contributed by atoms with E-state index in [4.69, 9.17) is 33.7 Å². The van der Waals surface area contributed by atoms with E-state index < -0.39 is 0 Å². The Hall–Kier alpha value is -0.240. The van der Waals surface area contributed by atoms with Crippen molar-refractivity contribution in [2.45, 2.75) is 19.9 Å². The van der Waals surface area contributed by atoms with Crippen LogP contribution in [0.1, 0.15) is 18.9 Å². The molecule has 0 spiro atoms. The second-order valence-electron chi connectivity index (χ2n) is 3.91. The van der Waals surface area contributed by atoms with Crippen LogP contribution in [0.25, 0.3) is 0 Å². The third-order valence-corrected chi connectivity index (χ3v) is 3.00. The summed E-state index contributed by atoms with van der Waals surface area (Å²) in [5.41, 5.74) is 6.64. The van der Waals surface area contributed by atoms with E-state index in [2.05, 4.69) is 10.3 Å². The quantitative estimate of drug-likeness (QED) is 0.301. The molecular formula is C13H20Cl2IN3O. The zero-order valence-corrected chi connectivity index (χ0v) is 15.2. The first-order valence-electron chi connectivity index (χ1n) is 6.19. The first-order valence-corrected chi connectivity index (χ1v) is 6.94. The average molecular weight is 432 g/mol. The molecule has 0 unspecified atom stereocenters. The SMILES string of the molecule is CCOCCCNC(N)=NCc1ccc(Cl)cc1Cl.I. The monoisotopic (exact) mass is 431 g/mol. The number of halogens is 3. The number of guanidine groups is 1. The molecule has 0 saturated heterocycles. The van der Waals surface area contributed by atoms with Crippen molar-refractivity contribution in [1.29, 1.82) is 0 Å². The van der Waals surface area contributed by atoms with E-state index in [1.165, 1.54) is 0 Å². The third kappa shape index (κ3) is 8.14. The number of ether oxygens (including phenoxy) is 1. The molecule has 0 radical (unpaired) electrons. The Kier molecular flexibility index (Phi) is 11.3. The van der Waals surface area contributed by atoms with Crippen molar-refractivity contribution in [2.75, 3.05) is 19.8 Å². The molecule has 0 heterocycles. The average Bonchev–Trinajstić information content (AvgIpc) is 2.37. The van der Waals surface area contributed by atoms with Crippen LogP contribution in [0.15, 0.2) is 23.2 Å². The first kappa shape index (κ1) is 19.8. The summed E-state index contributed by atoms with van der Waals surface area (Å²) < 4.78 is 5.22. The maximum Gasteiger partial charge on any atom is 0.188 e. The minimum Gasteiger partial charge on any atom is -0.382 e. The fourth-order valence-electron chi connectivity index (χ4n) is 1.41. The lowest BCUT2D eigenvalue weighted by atomic mass is 10.2. The van der Waals surface area contributed by atoms with Gasteiger partial charge in [-0.2, -0.15) is 0 Å². The summed E-state index contributed by atoms with van der Waals surface area (Å²) in [6.45, 7) is 4.60. The normalized spacial score (nSPS) is 11.1. The van der Waals surface area contributed by atoms with Crippen molar-refractivity contribution in [3.63, 3.8) is 0 Å². The molecule has 20 heavy (non-hydrogen) atoms. The summed E-state index contributed by atoms with van der Waals surface area (Å²) in [5, 5.41) is 4.23. The van der Waals surface area contributed by atoms with Gasteiger partial charge in [0.05, 0.1) is 6.54 Å². The van der Waals surface area contributed by atoms with E-state index in [1.807, 2.05) is 13.0 Å². The molecular weight excluding hydrogens is 412 g/mol. The number of hydrogen-bond donors (Lipinski definition) is 2. The highest BCUT2D eigenvalue weighted by Crippen LogP contribution is 2.21. The van der Waals surface area contributed by atoms with E-state index in [0.717, 1.165) is 31.7 Å². The maximum absolute atomic E-state index is 6.04. The van der Waals surface area contributed by atoms with Crippen molar-refractivity contribution in [3.8, 4) is 0 Å². The first-order chi connectivity index (χ1) is 9.13. The fourth-order valence-corrected chi connectivity index (χ4v) is 1.88. The van der Waals surface area contributed by atoms with Gasteiger partial charge in [0.25, 0.3) is 0 Å². The minimum atomic E-state index is 0. The Morgan fingerprint density at radius 1 is 1.40 bits per heavy atom. The van der Waals surface area contributed by atoms with E-state index in [1.54, 1.807) is 12.1 Å². The highest BCUT2D eigenvalue weighted by atomic mass is 127. The van der Waals surface area contributed by atoms with Gasteiger partial charge >= 0.3 is 0 Å². The Morgan fingerprint density at radius 2 is 2.15 bits per heavy atom. The Morgan fingerprint density at radius 3 is 2.80 bits per heavy atom. The van der Waals surface area contributed by atoms with Gasteiger partial charge in [-0.3, -0.25) is 0 Å². The predicted octanol–water partition coefficient (Wildman–Crippen LogP) is 3.44. The molecule has 114 valence electrons. The highest BCUT2D eigenvalue weighted by molar-refractivity contribution is 14.0. The molecule has 0 aromatic heterocycles. The number of benzene rings is 1. The number of hydrogen-bond acceptors (Lipinski definition) is 2. The second kappa shape index (κ2) is 11.4. The number of nitrogens with two attached hydrogens (primary N) is 1. The molecule has 0 aliphatic heterocycles. The van der Waals surface area contributed by atoms with Crippen molar-refractivity contribution in [1.82, 2.24) is 5.32 Å². The van der Waals surface area contributed by atoms with E-state index in [9.17, 15) is 0 Å². The van der Waals surface area contributed by atoms with Gasteiger partial charge in [0.15, 0.2) is 5.96 Å². The van der Waals surface area contributed by atoms with Crippen molar-refractivity contribution in [2.24, 2.45) is 10.7 Å². The van der Waals surface area contributed by atoms with Gasteiger partial charge in [-0.25, -0.2) is 4.99 Å². The van der Waals surface area contributed by atoms with E-state index in [0.29, 0.717) is 22.5 Å². The molecule has 7 heteroatoms. The lowest BCUT2D eigenvalue weighted by Gasteiger charge is -2.06. The van der Waals surface area contributed by atoms with Crippen LogP contribution in [0, 0.1) is 0 Å². The summed E-state index contributed by atoms with van der Waals surface area (Å²) in [6, 6.07) is 5.32. The van der Waals surface area contributed by atoms with Crippen LogP contribution in [0.2, 0.25) is 10.0 Å². The number of nitrogens with zero attached hydrogens (tertiary/aromatic N) is 1. The summed E-state index contributed by atoms with van der Waals surface area (Å²) in [7, 11) is 0. The van der Waals surface area contributed by atoms with Crippen molar-refractivity contribution in [3.05, 3.63) is 33.8 Å². The lowest BCUT2D eigenvalue weighted by Crippen LogP contribution is -2.32. The minimum absolute atomic E-state index is 0. The summed E-state index contributed by atoms with van der Waals surface area (Å²) >= 11 is 11.9. The molecule has 1 aromatic carbocycles. The molecule has 1 aromatic rings. The standard InChI is InChI=1S/C13H19Cl2N3O.HI/c1-2-19-7-3-6-17-13(16)18-9-10-4-5-11(14)8-12(10)15;/h4-5,8H,2-3,6-7,9H2,1H3,(H3,16,17,18);1H. The molecule has 4 nitrogen and oxygen atoms in total. The van der Waals surface area contributed by atoms with E-state index in [-0.39, 0.29) is 24.0 Å². The van der Waals surface area contributed by atoms with Crippen LogP contribution < -0.4 is 11.1 Å². The number of rotatable bonds is 7. The lowest BCUT2D eigenvalue weighted by molar-refractivity contribution is 0.145. The fraction of sp³-hybridized carbons (Fsp3) is 0.462. The van der Waals surface area contributed by atoms with Crippen molar-refractivity contribution < 1.29 is 4.74 Å². The molecule has 1 rings (SSSR count). The zero-order valence-electron chi connectivity index (χ0n) is 11.4. The van der Waals surface area contributed by atoms with Crippen LogP contribution in [0.5, 0.6) is 0 Å². The Bertz CT molecular complexity index is 430. The Balaban J connectivity index is 0.00000361. The summed E-state index contributed by atoms with van der Waals surface area (Å²) in [6.07, 6.45) is 0.895. The molecule has 0 atom stereocenters. The number of nitrogens with one attached hydrogen (secondary N) is 1. The van der Waals surface area contributed by atoms with Crippen LogP contribution in [0.3, 0.4) is 0 Å². The number of aliphatic imine (C=N–C) groups is 1. The van der Waals surface area contributed by atoms with Gasteiger partial charge < -0.3 is 15.8 Å². The molecule has 0 bridgehead atoms.